The highest BCUT2D eigenvalue weighted by Crippen LogP contribution is 1.85. The van der Waals surface area contributed by atoms with Crippen LogP contribution in [0.25, 0.3) is 0 Å². The zero-order chi connectivity index (χ0) is 8.36. The van der Waals surface area contributed by atoms with E-state index in [2.05, 4.69) is 39.5 Å². The van der Waals surface area contributed by atoms with Gasteiger partial charge < -0.3 is 13.7 Å². The van der Waals surface area contributed by atoms with Crippen LogP contribution in [0.4, 0.5) is 0 Å². The minimum absolute atomic E-state index is 0.694. The lowest BCUT2D eigenvalue weighted by Crippen LogP contribution is -2.18. The quantitative estimate of drug-likeness (QED) is 0.309. The van der Waals surface area contributed by atoms with Crippen molar-refractivity contribution in [3.8, 4) is 0 Å². The highest BCUT2D eigenvalue weighted by molar-refractivity contribution is 7.75. The predicted molar refractivity (Wildman–Crippen MR) is 52.0 cm³/mol. The Labute approximate surface area is 79.1 Å². The van der Waals surface area contributed by atoms with Gasteiger partial charge in [-0.25, -0.2) is 0 Å². The molecule has 1 N–H and O–H groups in total. The van der Waals surface area contributed by atoms with Gasteiger partial charge in [0.25, 0.3) is 0 Å². The molecule has 0 saturated carbocycles. The summed E-state index contributed by atoms with van der Waals surface area (Å²) >= 11 is 7.24. The first-order chi connectivity index (χ1) is 5.41. The summed E-state index contributed by atoms with van der Waals surface area (Å²) in [5.74, 6) is 0. The molecule has 5 heteroatoms. The maximum absolute atomic E-state index is 4.59. The molecule has 0 spiro atoms. The largest absolute Gasteiger partial charge is 0.318 e. The highest BCUT2D eigenvalue weighted by Gasteiger charge is 1.87. The second kappa shape index (κ2) is 10.6. The standard InChI is InChI=1S/C6H15NO2S2/c10-8-5-1-3-7-4-2-6-9-11/h7,10-11H,1-6H2. The SMILES string of the molecule is SOCCCNCCCOS. The van der Waals surface area contributed by atoms with E-state index in [1.54, 1.807) is 0 Å². The summed E-state index contributed by atoms with van der Waals surface area (Å²) in [6, 6.07) is 0. The van der Waals surface area contributed by atoms with Gasteiger partial charge in [0.2, 0.25) is 0 Å². The Hall–Kier alpha value is 0.580. The molecule has 0 amide bonds. The van der Waals surface area contributed by atoms with Crippen molar-refractivity contribution in [3.05, 3.63) is 0 Å². The van der Waals surface area contributed by atoms with Gasteiger partial charge in [-0.2, -0.15) is 0 Å². The van der Waals surface area contributed by atoms with E-state index in [0.29, 0.717) is 13.2 Å². The van der Waals surface area contributed by atoms with Crippen LogP contribution in [0.2, 0.25) is 0 Å². The molecule has 0 aliphatic carbocycles. The molecule has 0 radical (unpaired) electrons. The van der Waals surface area contributed by atoms with Crippen LogP contribution in [-0.2, 0) is 8.37 Å². The van der Waals surface area contributed by atoms with Gasteiger partial charge >= 0.3 is 0 Å². The van der Waals surface area contributed by atoms with E-state index in [4.69, 9.17) is 0 Å². The summed E-state index contributed by atoms with van der Waals surface area (Å²) in [6.07, 6.45) is 1.98. The average Bonchev–Trinajstić information content (AvgIpc) is 2.03. The summed E-state index contributed by atoms with van der Waals surface area (Å²) in [6.45, 7) is 3.32. The summed E-state index contributed by atoms with van der Waals surface area (Å²) in [5.41, 5.74) is 0. The first kappa shape index (κ1) is 11.6. The number of thiol groups is 2. The van der Waals surface area contributed by atoms with Crippen LogP contribution in [0.5, 0.6) is 0 Å². The van der Waals surface area contributed by atoms with Crippen molar-refractivity contribution in [1.82, 2.24) is 5.32 Å². The maximum atomic E-state index is 4.59. The van der Waals surface area contributed by atoms with Gasteiger partial charge in [-0.05, 0) is 51.8 Å². The van der Waals surface area contributed by atoms with Crippen LogP contribution in [0.15, 0.2) is 0 Å². The molecule has 11 heavy (non-hydrogen) atoms. The third-order valence-corrected chi connectivity index (χ3v) is 1.54. The van der Waals surface area contributed by atoms with E-state index in [9.17, 15) is 0 Å². The van der Waals surface area contributed by atoms with E-state index in [1.807, 2.05) is 0 Å². The minimum atomic E-state index is 0.694. The highest BCUT2D eigenvalue weighted by atomic mass is 32.1. The predicted octanol–water partition coefficient (Wildman–Crippen LogP) is 1.08. The van der Waals surface area contributed by atoms with Gasteiger partial charge in [-0.1, -0.05) is 0 Å². The van der Waals surface area contributed by atoms with Crippen LogP contribution in [0.1, 0.15) is 12.8 Å². The van der Waals surface area contributed by atoms with E-state index < -0.39 is 0 Å². The number of hydrogen-bond acceptors (Lipinski definition) is 5. The Morgan fingerprint density at radius 1 is 0.909 bits per heavy atom. The zero-order valence-corrected chi connectivity index (χ0v) is 8.24. The lowest BCUT2D eigenvalue weighted by Gasteiger charge is -2.02. The first-order valence-corrected chi connectivity index (χ1v) is 4.38. The van der Waals surface area contributed by atoms with Gasteiger partial charge in [-0.3, -0.25) is 0 Å². The molecule has 0 aliphatic rings. The van der Waals surface area contributed by atoms with E-state index in [0.717, 1.165) is 25.9 Å². The van der Waals surface area contributed by atoms with Gasteiger partial charge in [-0.15, -0.1) is 0 Å². The molecule has 0 atom stereocenters. The van der Waals surface area contributed by atoms with E-state index in [1.165, 1.54) is 0 Å². The summed E-state index contributed by atoms with van der Waals surface area (Å²) in [5, 5.41) is 3.23. The molecule has 68 valence electrons. The molecule has 0 aliphatic heterocycles. The van der Waals surface area contributed by atoms with E-state index >= 15 is 0 Å². The lowest BCUT2D eigenvalue weighted by molar-refractivity contribution is 0.352. The number of nitrogens with one attached hydrogen (secondary N) is 1. The molecule has 0 heterocycles. The molecule has 0 unspecified atom stereocenters. The Morgan fingerprint density at radius 3 is 1.73 bits per heavy atom. The fourth-order valence-electron chi connectivity index (χ4n) is 0.648. The molecule has 0 saturated heterocycles. The van der Waals surface area contributed by atoms with Crippen molar-refractivity contribution in [3.63, 3.8) is 0 Å². The van der Waals surface area contributed by atoms with Crippen molar-refractivity contribution < 1.29 is 8.37 Å². The van der Waals surface area contributed by atoms with Gasteiger partial charge in [0.15, 0.2) is 0 Å². The zero-order valence-electron chi connectivity index (χ0n) is 6.45. The van der Waals surface area contributed by atoms with Gasteiger partial charge in [0, 0.05) is 0 Å². The third-order valence-electron chi connectivity index (χ3n) is 1.18. The Morgan fingerprint density at radius 2 is 1.36 bits per heavy atom. The van der Waals surface area contributed by atoms with Crippen LogP contribution in [-0.4, -0.2) is 26.3 Å². The Bertz CT molecular complexity index is 67.6. The first-order valence-electron chi connectivity index (χ1n) is 3.65. The fraction of sp³-hybridized carbons (Fsp3) is 1.00. The van der Waals surface area contributed by atoms with Crippen LogP contribution in [0.3, 0.4) is 0 Å². The summed E-state index contributed by atoms with van der Waals surface area (Å²) < 4.78 is 9.17. The van der Waals surface area contributed by atoms with Gasteiger partial charge in [0.1, 0.15) is 0 Å². The topological polar surface area (TPSA) is 30.5 Å². The minimum Gasteiger partial charge on any atom is -0.318 e. The molecule has 0 aromatic rings. The third kappa shape index (κ3) is 10.6. The van der Waals surface area contributed by atoms with Gasteiger partial charge in [0.05, 0.1) is 13.2 Å². The van der Waals surface area contributed by atoms with Crippen molar-refractivity contribution in [1.29, 1.82) is 0 Å². The number of rotatable bonds is 8. The van der Waals surface area contributed by atoms with E-state index in [-0.39, 0.29) is 0 Å². The lowest BCUT2D eigenvalue weighted by atomic mass is 10.4. The van der Waals surface area contributed by atoms with Crippen molar-refractivity contribution in [2.75, 3.05) is 26.3 Å². The second-order valence-electron chi connectivity index (χ2n) is 2.12. The molecule has 0 bridgehead atoms. The number of hydrogen-bond donors (Lipinski definition) is 3. The fourth-order valence-corrected chi connectivity index (χ4v) is 0.907. The smallest absolute Gasteiger partial charge is 0.0622 e. The maximum Gasteiger partial charge on any atom is 0.0622 e. The normalized spacial score (nSPS) is 10.4. The average molecular weight is 197 g/mol. The summed E-state index contributed by atoms with van der Waals surface area (Å²) in [4.78, 5) is 0. The van der Waals surface area contributed by atoms with Crippen LogP contribution in [0, 0.1) is 0 Å². The molecule has 0 rings (SSSR count). The summed E-state index contributed by atoms with van der Waals surface area (Å²) in [7, 11) is 0. The molecule has 0 fully saturated rings. The van der Waals surface area contributed by atoms with Crippen LogP contribution >= 0.6 is 25.8 Å². The molecular weight excluding hydrogens is 182 g/mol. The monoisotopic (exact) mass is 197 g/mol. The van der Waals surface area contributed by atoms with Crippen molar-refractivity contribution >= 4 is 25.8 Å². The van der Waals surface area contributed by atoms with Crippen molar-refractivity contribution in [2.24, 2.45) is 0 Å². The molecular formula is C6H15NO2S2. The Balaban J connectivity index is 2.69. The molecule has 3 nitrogen and oxygen atoms in total. The van der Waals surface area contributed by atoms with Crippen molar-refractivity contribution in [2.45, 2.75) is 12.8 Å². The Kier molecular flexibility index (Phi) is 11.1. The molecule has 0 aromatic heterocycles. The second-order valence-corrected chi connectivity index (χ2v) is 2.64. The van der Waals surface area contributed by atoms with Crippen LogP contribution < -0.4 is 5.32 Å². The molecule has 0 aromatic carbocycles.